The van der Waals surface area contributed by atoms with Crippen LogP contribution in [0.25, 0.3) is 0 Å². The van der Waals surface area contributed by atoms with Gasteiger partial charge in [0, 0.05) is 19.4 Å². The van der Waals surface area contributed by atoms with E-state index in [1.807, 2.05) is 19.0 Å². The summed E-state index contributed by atoms with van der Waals surface area (Å²) in [7, 11) is -0.707. The molecule has 0 aliphatic heterocycles. The number of ether oxygens (including phenoxy) is 2. The molecule has 10 heteroatoms. The lowest BCUT2D eigenvalue weighted by Crippen LogP contribution is -2.29. The van der Waals surface area contributed by atoms with Gasteiger partial charge in [0.15, 0.2) is 6.10 Å². The molecule has 0 aromatic carbocycles. The smallest absolute Gasteiger partial charge is 0.462 e. The second-order valence-corrected chi connectivity index (χ2v) is 17.7. The summed E-state index contributed by atoms with van der Waals surface area (Å²) < 4.78 is 33.5. The van der Waals surface area contributed by atoms with Crippen LogP contribution in [0, 0.1) is 0 Å². The van der Waals surface area contributed by atoms with Crippen molar-refractivity contribution in [3.8, 4) is 0 Å². The summed E-state index contributed by atoms with van der Waals surface area (Å²) >= 11 is 0. The van der Waals surface area contributed by atoms with Crippen LogP contribution in [0.5, 0.6) is 0 Å². The van der Waals surface area contributed by atoms with Crippen molar-refractivity contribution in [2.45, 2.75) is 225 Å². The van der Waals surface area contributed by atoms with E-state index < -0.39 is 26.5 Å². The Hall–Kier alpha value is -1.51. The fourth-order valence-electron chi connectivity index (χ4n) is 6.60. The number of unbranched alkanes of at least 4 members (excludes halogenated alkanes) is 26. The van der Waals surface area contributed by atoms with Crippen LogP contribution in [-0.4, -0.2) is 68.3 Å². The topological polar surface area (TPSA) is 112 Å². The van der Waals surface area contributed by atoms with E-state index in [0.717, 1.165) is 44.9 Å². The number of allylic oxidation sites excluding steroid dienone is 4. The molecule has 0 saturated heterocycles. The van der Waals surface area contributed by atoms with Crippen LogP contribution < -0.4 is 0 Å². The van der Waals surface area contributed by atoms with Gasteiger partial charge in [-0.05, 0) is 59.0 Å². The number of hydrogen-bond acceptors (Lipinski definition) is 8. The molecule has 0 rings (SSSR count). The second kappa shape index (κ2) is 42.6. The average Bonchev–Trinajstić information content (AvgIpc) is 3.18. The zero-order chi connectivity index (χ0) is 41.9. The highest BCUT2D eigenvalue weighted by Gasteiger charge is 2.26. The monoisotopic (exact) mass is 828 g/mol. The molecule has 57 heavy (non-hydrogen) atoms. The van der Waals surface area contributed by atoms with Gasteiger partial charge in [-0.1, -0.05) is 186 Å². The number of carbonyl (C=O) groups is 2. The molecule has 9 nitrogen and oxygen atoms in total. The van der Waals surface area contributed by atoms with Gasteiger partial charge in [-0.15, -0.1) is 0 Å². The number of phosphoric acid groups is 1. The molecule has 0 fully saturated rings. The molecular formula is C47H90NO8P. The molecule has 0 radical (unpaired) electrons. The molecule has 0 saturated carbocycles. The summed E-state index contributed by atoms with van der Waals surface area (Å²) in [6.45, 7) is 4.32. The Morgan fingerprint density at radius 1 is 0.544 bits per heavy atom. The number of likely N-dealkylation sites (N-methyl/N-ethyl adjacent to an activating group) is 1. The number of esters is 2. The third kappa shape index (κ3) is 43.9. The highest BCUT2D eigenvalue weighted by molar-refractivity contribution is 7.47. The van der Waals surface area contributed by atoms with E-state index in [2.05, 4.69) is 38.2 Å². The average molecular weight is 828 g/mol. The van der Waals surface area contributed by atoms with Crippen molar-refractivity contribution < 1.29 is 37.6 Å². The SMILES string of the molecule is CCCCC/C=C\C/C=C\CCCCCCCCCCCC(=O)OC(COC(=O)CCCCCCCCCCCCCCCCC)COP(=O)(O)OCCN(C)C. The quantitative estimate of drug-likeness (QED) is 0.0278. The van der Waals surface area contributed by atoms with Crippen molar-refractivity contribution in [1.82, 2.24) is 4.90 Å². The maximum atomic E-state index is 12.7. The third-order valence-electron chi connectivity index (χ3n) is 10.3. The van der Waals surface area contributed by atoms with Gasteiger partial charge in [0.2, 0.25) is 0 Å². The van der Waals surface area contributed by atoms with Gasteiger partial charge in [0.25, 0.3) is 0 Å². The second-order valence-electron chi connectivity index (χ2n) is 16.3. The Morgan fingerprint density at radius 2 is 0.947 bits per heavy atom. The Morgan fingerprint density at radius 3 is 1.42 bits per heavy atom. The summed E-state index contributed by atoms with van der Waals surface area (Å²) in [4.78, 5) is 37.1. The molecule has 0 heterocycles. The Bertz CT molecular complexity index is 1000. The molecule has 0 bridgehead atoms. The summed E-state index contributed by atoms with van der Waals surface area (Å²) in [5, 5.41) is 0. The fraction of sp³-hybridized carbons (Fsp3) is 0.872. The maximum Gasteiger partial charge on any atom is 0.472 e. The van der Waals surface area contributed by atoms with Crippen molar-refractivity contribution in [3.63, 3.8) is 0 Å². The zero-order valence-electron chi connectivity index (χ0n) is 37.5. The first-order chi connectivity index (χ1) is 27.7. The lowest BCUT2D eigenvalue weighted by molar-refractivity contribution is -0.161. The molecule has 0 aliphatic rings. The molecule has 0 aromatic rings. The number of rotatable bonds is 44. The lowest BCUT2D eigenvalue weighted by atomic mass is 10.0. The largest absolute Gasteiger partial charge is 0.472 e. The van der Waals surface area contributed by atoms with Crippen molar-refractivity contribution in [1.29, 1.82) is 0 Å². The first-order valence-corrected chi connectivity index (χ1v) is 25.1. The minimum Gasteiger partial charge on any atom is -0.462 e. The predicted octanol–water partition coefficient (Wildman–Crippen LogP) is 13.8. The Balaban J connectivity index is 4.22. The van der Waals surface area contributed by atoms with Crippen LogP contribution in [0.1, 0.15) is 219 Å². The standard InChI is InChI=1S/C47H90NO8P/c1-5-7-9-11-13-15-17-19-21-22-23-24-26-28-30-32-34-36-38-40-47(50)56-45(44-55-57(51,52)54-42-41-48(3)4)43-53-46(49)39-37-35-33-31-29-27-25-20-18-16-14-12-10-8-6-2/h13,15,19,21,45H,5-12,14,16-18,20,22-44H2,1-4H3,(H,51,52)/b15-13-,21-19-. The summed E-state index contributed by atoms with van der Waals surface area (Å²) in [5.41, 5.74) is 0. The molecule has 0 aromatic heterocycles. The van der Waals surface area contributed by atoms with Gasteiger partial charge in [0.1, 0.15) is 6.61 Å². The summed E-state index contributed by atoms with van der Waals surface area (Å²) in [5.74, 6) is -0.797. The van der Waals surface area contributed by atoms with Gasteiger partial charge in [-0.3, -0.25) is 18.6 Å². The van der Waals surface area contributed by atoms with E-state index in [1.165, 1.54) is 141 Å². The highest BCUT2D eigenvalue weighted by atomic mass is 31.2. The van der Waals surface area contributed by atoms with Gasteiger partial charge in [0.05, 0.1) is 13.2 Å². The zero-order valence-corrected chi connectivity index (χ0v) is 38.4. The van der Waals surface area contributed by atoms with Crippen LogP contribution in [0.2, 0.25) is 0 Å². The number of nitrogens with zero attached hydrogens (tertiary/aromatic N) is 1. The Kier molecular flexibility index (Phi) is 41.5. The molecule has 0 amide bonds. The number of hydrogen-bond donors (Lipinski definition) is 1. The van der Waals surface area contributed by atoms with Crippen molar-refractivity contribution in [2.24, 2.45) is 0 Å². The lowest BCUT2D eigenvalue weighted by Gasteiger charge is -2.20. The van der Waals surface area contributed by atoms with Crippen LogP contribution in [0.3, 0.4) is 0 Å². The molecule has 336 valence electrons. The minimum absolute atomic E-state index is 0.00857. The molecular weight excluding hydrogens is 737 g/mol. The Labute approximate surface area is 351 Å². The van der Waals surface area contributed by atoms with E-state index in [4.69, 9.17) is 18.5 Å². The van der Waals surface area contributed by atoms with Gasteiger partial charge in [-0.2, -0.15) is 0 Å². The van der Waals surface area contributed by atoms with E-state index in [0.29, 0.717) is 19.4 Å². The third-order valence-corrected chi connectivity index (χ3v) is 11.2. The van der Waals surface area contributed by atoms with Crippen molar-refractivity contribution in [2.75, 3.05) is 40.5 Å². The maximum absolute atomic E-state index is 12.7. The summed E-state index contributed by atoms with van der Waals surface area (Å²) in [6.07, 6.45) is 45.0. The van der Waals surface area contributed by atoms with Gasteiger partial charge in [-0.25, -0.2) is 4.57 Å². The molecule has 0 spiro atoms. The molecule has 0 aliphatic carbocycles. The minimum atomic E-state index is -4.36. The van der Waals surface area contributed by atoms with Gasteiger partial charge >= 0.3 is 19.8 Å². The first-order valence-electron chi connectivity index (χ1n) is 23.6. The van der Waals surface area contributed by atoms with E-state index in [1.54, 1.807) is 0 Å². The fourth-order valence-corrected chi connectivity index (χ4v) is 7.34. The van der Waals surface area contributed by atoms with Crippen LogP contribution >= 0.6 is 7.82 Å². The van der Waals surface area contributed by atoms with E-state index in [9.17, 15) is 19.0 Å². The number of phosphoric ester groups is 1. The van der Waals surface area contributed by atoms with Crippen molar-refractivity contribution >= 4 is 19.8 Å². The molecule has 2 atom stereocenters. The predicted molar refractivity (Wildman–Crippen MR) is 238 cm³/mol. The molecule has 2 unspecified atom stereocenters. The van der Waals surface area contributed by atoms with E-state index in [-0.39, 0.29) is 25.6 Å². The van der Waals surface area contributed by atoms with Crippen LogP contribution in [0.15, 0.2) is 24.3 Å². The van der Waals surface area contributed by atoms with Crippen molar-refractivity contribution in [3.05, 3.63) is 24.3 Å². The highest BCUT2D eigenvalue weighted by Crippen LogP contribution is 2.43. The number of carbonyl (C=O) groups excluding carboxylic acids is 2. The normalized spacial score (nSPS) is 13.5. The summed E-state index contributed by atoms with van der Waals surface area (Å²) in [6, 6.07) is 0. The first kappa shape index (κ1) is 55.5. The molecule has 1 N–H and O–H groups in total. The van der Waals surface area contributed by atoms with Gasteiger partial charge < -0.3 is 19.3 Å². The van der Waals surface area contributed by atoms with E-state index >= 15 is 0 Å². The van der Waals surface area contributed by atoms with Crippen LogP contribution in [-0.2, 0) is 32.7 Å². The van der Waals surface area contributed by atoms with Crippen LogP contribution in [0.4, 0.5) is 0 Å².